The normalized spacial score (nSPS) is 12.2. The number of carbonyl (C=O) groups is 1. The third-order valence-corrected chi connectivity index (χ3v) is 9.02. The molecule has 0 aliphatic rings. The Kier molecular flexibility index (Phi) is 8.48. The zero-order valence-corrected chi connectivity index (χ0v) is 24.4. The van der Waals surface area contributed by atoms with Gasteiger partial charge in [0.15, 0.2) is 0 Å². The summed E-state index contributed by atoms with van der Waals surface area (Å²) in [5.74, 6) is -0.189. The Bertz CT molecular complexity index is 1600. The standard InChI is InChI=1S/C32H33ClN2O3S/c1-21-11-16-28(33)19-31(21)35(39(37,38)29-9-7-6-8-10-29)20-26-12-14-27(15-13-26)32(36)34-25(5)30-18-23(3)22(2)17-24(30)4/h6-19,25H,20H2,1-5H3,(H,34,36)/t25-/m1/s1. The zero-order valence-electron chi connectivity index (χ0n) is 22.8. The third-order valence-electron chi connectivity index (χ3n) is 7.01. The van der Waals surface area contributed by atoms with Crippen LogP contribution in [0.25, 0.3) is 0 Å². The molecule has 4 aromatic rings. The maximum absolute atomic E-state index is 13.7. The Morgan fingerprint density at radius 3 is 2.13 bits per heavy atom. The highest BCUT2D eigenvalue weighted by atomic mass is 35.5. The molecule has 1 N–H and O–H groups in total. The summed E-state index contributed by atoms with van der Waals surface area (Å²) < 4.78 is 28.8. The molecule has 0 bridgehead atoms. The van der Waals surface area contributed by atoms with E-state index in [9.17, 15) is 13.2 Å². The zero-order chi connectivity index (χ0) is 28.3. The molecule has 0 fully saturated rings. The second-order valence-electron chi connectivity index (χ2n) is 9.94. The molecule has 0 aromatic heterocycles. The number of carbonyl (C=O) groups excluding carboxylic acids is 1. The van der Waals surface area contributed by atoms with Crippen LogP contribution in [-0.4, -0.2) is 14.3 Å². The summed E-state index contributed by atoms with van der Waals surface area (Å²) in [6, 6.07) is 24.7. The molecule has 0 aliphatic carbocycles. The molecular weight excluding hydrogens is 528 g/mol. The quantitative estimate of drug-likeness (QED) is 0.243. The second kappa shape index (κ2) is 11.6. The molecule has 0 radical (unpaired) electrons. The first-order chi connectivity index (χ1) is 18.5. The van der Waals surface area contributed by atoms with Crippen LogP contribution in [0.5, 0.6) is 0 Å². The lowest BCUT2D eigenvalue weighted by atomic mass is 9.96. The van der Waals surface area contributed by atoms with E-state index in [1.807, 2.05) is 13.8 Å². The van der Waals surface area contributed by atoms with Gasteiger partial charge in [-0.2, -0.15) is 0 Å². The summed E-state index contributed by atoms with van der Waals surface area (Å²) >= 11 is 6.26. The van der Waals surface area contributed by atoms with E-state index >= 15 is 0 Å². The highest BCUT2D eigenvalue weighted by molar-refractivity contribution is 7.92. The van der Waals surface area contributed by atoms with Gasteiger partial charge < -0.3 is 5.32 Å². The maximum atomic E-state index is 13.7. The van der Waals surface area contributed by atoms with Crippen LogP contribution in [0.15, 0.2) is 89.8 Å². The molecule has 0 saturated carbocycles. The van der Waals surface area contributed by atoms with Crippen LogP contribution in [0.3, 0.4) is 0 Å². The highest BCUT2D eigenvalue weighted by Crippen LogP contribution is 2.31. The number of halogens is 1. The smallest absolute Gasteiger partial charge is 0.264 e. The van der Waals surface area contributed by atoms with Gasteiger partial charge in [0.05, 0.1) is 23.2 Å². The Hall–Kier alpha value is -3.61. The average molecular weight is 561 g/mol. The summed E-state index contributed by atoms with van der Waals surface area (Å²) in [6.45, 7) is 10.1. The number of nitrogens with zero attached hydrogens (tertiary/aromatic N) is 1. The van der Waals surface area contributed by atoms with Gasteiger partial charge >= 0.3 is 0 Å². The van der Waals surface area contributed by atoms with Gasteiger partial charge in [0, 0.05) is 10.6 Å². The first-order valence-corrected chi connectivity index (χ1v) is 14.6. The largest absolute Gasteiger partial charge is 0.346 e. The molecule has 4 aromatic carbocycles. The molecular formula is C32H33ClN2O3S. The Labute approximate surface area is 236 Å². The van der Waals surface area contributed by atoms with E-state index in [1.165, 1.54) is 15.4 Å². The van der Waals surface area contributed by atoms with Gasteiger partial charge in [-0.3, -0.25) is 9.10 Å². The number of hydrogen-bond acceptors (Lipinski definition) is 3. The van der Waals surface area contributed by atoms with Crippen LogP contribution in [0.2, 0.25) is 5.02 Å². The minimum atomic E-state index is -3.88. The van der Waals surface area contributed by atoms with Crippen molar-refractivity contribution in [1.82, 2.24) is 5.32 Å². The molecule has 202 valence electrons. The van der Waals surface area contributed by atoms with Crippen LogP contribution < -0.4 is 9.62 Å². The lowest BCUT2D eigenvalue weighted by Crippen LogP contribution is -2.31. The molecule has 0 unspecified atom stereocenters. The SMILES string of the molecule is Cc1cc(C)c([C@@H](C)NC(=O)c2ccc(CN(c3cc(Cl)ccc3C)S(=O)(=O)c3ccccc3)cc2)cc1C. The van der Waals surface area contributed by atoms with Crippen LogP contribution in [-0.2, 0) is 16.6 Å². The molecule has 0 aliphatic heterocycles. The van der Waals surface area contributed by atoms with Crippen molar-refractivity contribution >= 4 is 33.2 Å². The van der Waals surface area contributed by atoms with Gasteiger partial charge in [-0.15, -0.1) is 0 Å². The molecule has 39 heavy (non-hydrogen) atoms. The van der Waals surface area contributed by atoms with E-state index in [2.05, 4.69) is 38.2 Å². The fraction of sp³-hybridized carbons (Fsp3) is 0.219. The molecule has 4 rings (SSSR count). The summed E-state index contributed by atoms with van der Waals surface area (Å²) in [5, 5.41) is 3.53. The van der Waals surface area contributed by atoms with Crippen molar-refractivity contribution in [3.8, 4) is 0 Å². The van der Waals surface area contributed by atoms with E-state index in [0.717, 1.165) is 22.3 Å². The molecule has 0 heterocycles. The number of hydrogen-bond donors (Lipinski definition) is 1. The number of aryl methyl sites for hydroxylation is 4. The van der Waals surface area contributed by atoms with Crippen LogP contribution in [0, 0.1) is 27.7 Å². The lowest BCUT2D eigenvalue weighted by Gasteiger charge is -2.26. The number of anilines is 1. The predicted molar refractivity (Wildman–Crippen MR) is 159 cm³/mol. The Balaban J connectivity index is 1.59. The van der Waals surface area contributed by atoms with E-state index in [-0.39, 0.29) is 23.4 Å². The van der Waals surface area contributed by atoms with Crippen molar-refractivity contribution in [3.05, 3.63) is 129 Å². The van der Waals surface area contributed by atoms with E-state index < -0.39 is 10.0 Å². The maximum Gasteiger partial charge on any atom is 0.264 e. The summed E-state index contributed by atoms with van der Waals surface area (Å²) in [7, 11) is -3.88. The van der Waals surface area contributed by atoms with Crippen LogP contribution in [0.1, 0.15) is 56.7 Å². The van der Waals surface area contributed by atoms with Crippen molar-refractivity contribution < 1.29 is 13.2 Å². The number of amides is 1. The van der Waals surface area contributed by atoms with Crippen molar-refractivity contribution in [1.29, 1.82) is 0 Å². The number of benzene rings is 4. The lowest BCUT2D eigenvalue weighted by molar-refractivity contribution is 0.0939. The Morgan fingerprint density at radius 1 is 0.821 bits per heavy atom. The van der Waals surface area contributed by atoms with Gasteiger partial charge in [-0.05, 0) is 104 Å². The fourth-order valence-electron chi connectivity index (χ4n) is 4.61. The fourth-order valence-corrected chi connectivity index (χ4v) is 6.30. The molecule has 7 heteroatoms. The van der Waals surface area contributed by atoms with Crippen molar-refractivity contribution in [2.75, 3.05) is 4.31 Å². The minimum absolute atomic E-state index is 0.0819. The number of nitrogens with one attached hydrogen (secondary N) is 1. The van der Waals surface area contributed by atoms with Gasteiger partial charge in [-0.25, -0.2) is 8.42 Å². The van der Waals surface area contributed by atoms with Crippen molar-refractivity contribution in [2.45, 2.75) is 52.1 Å². The van der Waals surface area contributed by atoms with E-state index in [0.29, 0.717) is 16.3 Å². The summed E-state index contributed by atoms with van der Waals surface area (Å²) in [4.78, 5) is 13.2. The monoisotopic (exact) mass is 560 g/mol. The highest BCUT2D eigenvalue weighted by Gasteiger charge is 2.26. The number of rotatable bonds is 8. The van der Waals surface area contributed by atoms with E-state index in [1.54, 1.807) is 72.8 Å². The van der Waals surface area contributed by atoms with Crippen molar-refractivity contribution in [2.24, 2.45) is 0 Å². The second-order valence-corrected chi connectivity index (χ2v) is 12.2. The molecule has 0 spiro atoms. The molecule has 5 nitrogen and oxygen atoms in total. The van der Waals surface area contributed by atoms with Crippen LogP contribution in [0.4, 0.5) is 5.69 Å². The van der Waals surface area contributed by atoms with Gasteiger partial charge in [0.1, 0.15) is 0 Å². The summed E-state index contributed by atoms with van der Waals surface area (Å²) in [5.41, 5.74) is 7.16. The third kappa shape index (κ3) is 6.35. The first-order valence-electron chi connectivity index (χ1n) is 12.8. The molecule has 1 atom stereocenters. The van der Waals surface area contributed by atoms with E-state index in [4.69, 9.17) is 11.6 Å². The van der Waals surface area contributed by atoms with Crippen molar-refractivity contribution in [3.63, 3.8) is 0 Å². The minimum Gasteiger partial charge on any atom is -0.346 e. The summed E-state index contributed by atoms with van der Waals surface area (Å²) in [6.07, 6.45) is 0. The van der Waals surface area contributed by atoms with Crippen LogP contribution >= 0.6 is 11.6 Å². The predicted octanol–water partition coefficient (Wildman–Crippen LogP) is 7.46. The number of sulfonamides is 1. The topological polar surface area (TPSA) is 66.5 Å². The van der Waals surface area contributed by atoms with Gasteiger partial charge in [-0.1, -0.05) is 60.1 Å². The molecule has 1 amide bonds. The Morgan fingerprint density at radius 2 is 1.46 bits per heavy atom. The van der Waals surface area contributed by atoms with Gasteiger partial charge in [0.2, 0.25) is 0 Å². The average Bonchev–Trinajstić information content (AvgIpc) is 2.91. The first kappa shape index (κ1) is 28.4. The molecule has 0 saturated heterocycles. The van der Waals surface area contributed by atoms with Gasteiger partial charge in [0.25, 0.3) is 15.9 Å².